The molecule has 3 nitrogen and oxygen atoms in total. The maximum Gasteiger partial charge on any atom is 0.164 e. The molecule has 1 aromatic carbocycles. The number of carbonyl (C=O) groups excluding carboxylic acids is 1. The SMILES string of the molecule is CC1(O)CCN(CCC(=O)c2cc(F)cc(F)c2)C1. The van der Waals surface area contributed by atoms with Gasteiger partial charge in [0, 0.05) is 37.7 Å². The lowest BCUT2D eigenvalue weighted by Crippen LogP contribution is -2.31. The summed E-state index contributed by atoms with van der Waals surface area (Å²) in [6, 6.07) is 2.84. The molecule has 0 spiro atoms. The molecule has 0 aliphatic carbocycles. The number of likely N-dealkylation sites (tertiary alicyclic amines) is 1. The van der Waals surface area contributed by atoms with Crippen molar-refractivity contribution in [3.63, 3.8) is 0 Å². The third-order valence-electron chi connectivity index (χ3n) is 3.37. The maximum atomic E-state index is 13.0. The van der Waals surface area contributed by atoms with E-state index in [9.17, 15) is 18.7 Å². The van der Waals surface area contributed by atoms with Crippen molar-refractivity contribution in [3.05, 3.63) is 35.4 Å². The van der Waals surface area contributed by atoms with Gasteiger partial charge >= 0.3 is 0 Å². The van der Waals surface area contributed by atoms with E-state index >= 15 is 0 Å². The minimum absolute atomic E-state index is 0.0588. The first-order chi connectivity index (χ1) is 8.85. The van der Waals surface area contributed by atoms with Gasteiger partial charge in [-0.25, -0.2) is 8.78 Å². The molecule has 1 heterocycles. The Balaban J connectivity index is 1.91. The number of carbonyl (C=O) groups is 1. The van der Waals surface area contributed by atoms with Crippen LogP contribution in [0.15, 0.2) is 18.2 Å². The fraction of sp³-hybridized carbons (Fsp3) is 0.500. The average Bonchev–Trinajstić information content (AvgIpc) is 2.64. The molecule has 1 unspecified atom stereocenters. The molecular weight excluding hydrogens is 252 g/mol. The van der Waals surface area contributed by atoms with Crippen LogP contribution in [0.3, 0.4) is 0 Å². The van der Waals surface area contributed by atoms with E-state index < -0.39 is 17.2 Å². The molecule has 2 rings (SSSR count). The lowest BCUT2D eigenvalue weighted by atomic mass is 10.1. The van der Waals surface area contributed by atoms with Gasteiger partial charge in [-0.05, 0) is 25.5 Å². The number of ketones is 1. The van der Waals surface area contributed by atoms with Crippen LogP contribution in [-0.2, 0) is 0 Å². The smallest absolute Gasteiger partial charge is 0.164 e. The van der Waals surface area contributed by atoms with Crippen LogP contribution in [0, 0.1) is 11.6 Å². The van der Waals surface area contributed by atoms with Crippen LogP contribution in [0.25, 0.3) is 0 Å². The first kappa shape index (κ1) is 14.1. The van der Waals surface area contributed by atoms with E-state index in [-0.39, 0.29) is 17.8 Å². The van der Waals surface area contributed by atoms with Gasteiger partial charge in [-0.1, -0.05) is 0 Å². The Morgan fingerprint density at radius 1 is 1.37 bits per heavy atom. The van der Waals surface area contributed by atoms with Gasteiger partial charge < -0.3 is 5.11 Å². The number of aliphatic hydroxyl groups is 1. The molecule has 0 saturated carbocycles. The molecule has 1 aromatic rings. The minimum Gasteiger partial charge on any atom is -0.389 e. The number of β-amino-alcohol motifs (C(OH)–C–C–N with tert-alkyl or cyclic N) is 1. The predicted molar refractivity (Wildman–Crippen MR) is 67.0 cm³/mol. The van der Waals surface area contributed by atoms with Crippen LogP contribution >= 0.6 is 0 Å². The number of nitrogens with zero attached hydrogens (tertiary/aromatic N) is 1. The van der Waals surface area contributed by atoms with Gasteiger partial charge in [0.2, 0.25) is 0 Å². The summed E-state index contributed by atoms with van der Waals surface area (Å²) < 4.78 is 26.0. The zero-order chi connectivity index (χ0) is 14.0. The van der Waals surface area contributed by atoms with E-state index in [0.29, 0.717) is 19.5 Å². The van der Waals surface area contributed by atoms with Gasteiger partial charge in [-0.2, -0.15) is 0 Å². The highest BCUT2D eigenvalue weighted by atomic mass is 19.1. The standard InChI is InChI=1S/C14H17F2NO2/c1-14(19)3-5-17(9-14)4-2-13(18)10-6-11(15)8-12(16)7-10/h6-8,19H,2-5,9H2,1H3. The van der Waals surface area contributed by atoms with Gasteiger partial charge in [0.25, 0.3) is 0 Å². The number of rotatable bonds is 4. The van der Waals surface area contributed by atoms with E-state index in [1.165, 1.54) is 0 Å². The summed E-state index contributed by atoms with van der Waals surface area (Å²) >= 11 is 0. The summed E-state index contributed by atoms with van der Waals surface area (Å²) in [5.74, 6) is -1.77. The molecule has 0 bridgehead atoms. The van der Waals surface area contributed by atoms with Crippen LogP contribution < -0.4 is 0 Å². The van der Waals surface area contributed by atoms with E-state index in [0.717, 1.165) is 24.7 Å². The quantitative estimate of drug-likeness (QED) is 0.850. The van der Waals surface area contributed by atoms with Crippen molar-refractivity contribution in [2.45, 2.75) is 25.4 Å². The Bertz CT molecular complexity index is 468. The van der Waals surface area contributed by atoms with Crippen molar-refractivity contribution >= 4 is 5.78 Å². The van der Waals surface area contributed by atoms with Crippen molar-refractivity contribution in [1.29, 1.82) is 0 Å². The molecule has 1 fully saturated rings. The van der Waals surface area contributed by atoms with Gasteiger partial charge in [0.1, 0.15) is 11.6 Å². The van der Waals surface area contributed by atoms with E-state index in [1.807, 2.05) is 4.90 Å². The topological polar surface area (TPSA) is 40.5 Å². The summed E-state index contributed by atoms with van der Waals surface area (Å²) in [7, 11) is 0. The van der Waals surface area contributed by atoms with Crippen molar-refractivity contribution in [1.82, 2.24) is 4.90 Å². The fourth-order valence-electron chi connectivity index (χ4n) is 2.35. The Hall–Kier alpha value is -1.33. The van der Waals surface area contributed by atoms with E-state index in [2.05, 4.69) is 0 Å². The molecule has 0 radical (unpaired) electrons. The van der Waals surface area contributed by atoms with Gasteiger partial charge in [-0.3, -0.25) is 9.69 Å². The Morgan fingerprint density at radius 2 is 2.00 bits per heavy atom. The van der Waals surface area contributed by atoms with Gasteiger partial charge in [0.05, 0.1) is 5.60 Å². The first-order valence-corrected chi connectivity index (χ1v) is 6.30. The largest absolute Gasteiger partial charge is 0.389 e. The summed E-state index contributed by atoms with van der Waals surface area (Å²) in [6.45, 7) is 3.51. The lowest BCUT2D eigenvalue weighted by molar-refractivity contribution is 0.0677. The third kappa shape index (κ3) is 3.81. The number of hydrogen-bond acceptors (Lipinski definition) is 3. The molecule has 1 aliphatic rings. The summed E-state index contributed by atoms with van der Waals surface area (Å²) in [5, 5.41) is 9.79. The highest BCUT2D eigenvalue weighted by Crippen LogP contribution is 2.20. The molecule has 5 heteroatoms. The Labute approximate surface area is 110 Å². The first-order valence-electron chi connectivity index (χ1n) is 6.30. The monoisotopic (exact) mass is 269 g/mol. The number of Topliss-reactive ketones (excluding diaryl/α,β-unsaturated/α-hetero) is 1. The Morgan fingerprint density at radius 3 is 2.53 bits per heavy atom. The van der Waals surface area contributed by atoms with Crippen molar-refractivity contribution in [2.75, 3.05) is 19.6 Å². The second-order valence-electron chi connectivity index (χ2n) is 5.35. The van der Waals surface area contributed by atoms with Crippen LogP contribution in [0.1, 0.15) is 30.1 Å². The summed E-state index contributed by atoms with van der Waals surface area (Å²) in [6.07, 6.45) is 0.870. The zero-order valence-corrected chi connectivity index (χ0v) is 10.8. The third-order valence-corrected chi connectivity index (χ3v) is 3.37. The molecule has 0 amide bonds. The van der Waals surface area contributed by atoms with E-state index in [1.54, 1.807) is 6.92 Å². The van der Waals surface area contributed by atoms with E-state index in [4.69, 9.17) is 0 Å². The molecule has 1 saturated heterocycles. The maximum absolute atomic E-state index is 13.0. The summed E-state index contributed by atoms with van der Waals surface area (Å²) in [4.78, 5) is 13.8. The van der Waals surface area contributed by atoms with Gasteiger partial charge in [-0.15, -0.1) is 0 Å². The summed E-state index contributed by atoms with van der Waals surface area (Å²) in [5.41, 5.74) is -0.642. The molecular formula is C14H17F2NO2. The predicted octanol–water partition coefficient (Wildman–Crippen LogP) is 1.99. The fourth-order valence-corrected chi connectivity index (χ4v) is 2.35. The molecule has 0 aromatic heterocycles. The van der Waals surface area contributed by atoms with Crippen molar-refractivity contribution < 1.29 is 18.7 Å². The molecule has 104 valence electrons. The molecule has 1 N–H and O–H groups in total. The van der Waals surface area contributed by atoms with Gasteiger partial charge in [0.15, 0.2) is 5.78 Å². The highest BCUT2D eigenvalue weighted by Gasteiger charge is 2.31. The normalized spacial score (nSPS) is 23.8. The van der Waals surface area contributed by atoms with Crippen LogP contribution in [0.4, 0.5) is 8.78 Å². The van der Waals surface area contributed by atoms with Crippen LogP contribution in [-0.4, -0.2) is 41.0 Å². The number of benzene rings is 1. The number of halogens is 2. The lowest BCUT2D eigenvalue weighted by Gasteiger charge is -2.18. The van der Waals surface area contributed by atoms with Crippen molar-refractivity contribution in [3.8, 4) is 0 Å². The van der Waals surface area contributed by atoms with Crippen LogP contribution in [0.2, 0.25) is 0 Å². The molecule has 1 aliphatic heterocycles. The zero-order valence-electron chi connectivity index (χ0n) is 10.8. The second-order valence-corrected chi connectivity index (χ2v) is 5.35. The average molecular weight is 269 g/mol. The van der Waals surface area contributed by atoms with Crippen molar-refractivity contribution in [2.24, 2.45) is 0 Å². The Kier molecular flexibility index (Phi) is 3.96. The second kappa shape index (κ2) is 5.35. The minimum atomic E-state index is -0.743. The number of hydrogen-bond donors (Lipinski definition) is 1. The van der Waals surface area contributed by atoms with Crippen LogP contribution in [0.5, 0.6) is 0 Å². The molecule has 1 atom stereocenters. The molecule has 19 heavy (non-hydrogen) atoms. The highest BCUT2D eigenvalue weighted by molar-refractivity contribution is 5.96.